The van der Waals surface area contributed by atoms with Gasteiger partial charge in [-0.3, -0.25) is 19.2 Å². The lowest BCUT2D eigenvalue weighted by molar-refractivity contribution is -0.251. The molecule has 1 fully saturated rings. The van der Waals surface area contributed by atoms with Crippen molar-refractivity contribution in [3.8, 4) is 0 Å². The summed E-state index contributed by atoms with van der Waals surface area (Å²) in [6, 6.07) is 0. The van der Waals surface area contributed by atoms with Crippen LogP contribution in [-0.4, -0.2) is 66.0 Å². The summed E-state index contributed by atoms with van der Waals surface area (Å²) in [7, 11) is 0. The van der Waals surface area contributed by atoms with E-state index in [-0.39, 0.29) is 18.0 Å². The van der Waals surface area contributed by atoms with E-state index in [0.717, 1.165) is 20.8 Å². The van der Waals surface area contributed by atoms with Crippen molar-refractivity contribution >= 4 is 41.1 Å². The molecule has 0 unspecified atom stereocenters. The molecule has 0 aliphatic carbocycles. The van der Waals surface area contributed by atoms with E-state index < -0.39 is 54.4 Å². The minimum atomic E-state index is -1.20. The van der Waals surface area contributed by atoms with Crippen molar-refractivity contribution in [2.75, 3.05) is 6.61 Å². The van der Waals surface area contributed by atoms with Gasteiger partial charge in [0.05, 0.1) is 4.99 Å². The van der Waals surface area contributed by atoms with Crippen molar-refractivity contribution in [2.45, 2.75) is 64.6 Å². The molecule has 1 heterocycles. The molecule has 1 aliphatic rings. The van der Waals surface area contributed by atoms with Crippen molar-refractivity contribution in [1.82, 2.24) is 0 Å². The van der Waals surface area contributed by atoms with Crippen LogP contribution in [0.5, 0.6) is 0 Å². The maximum Gasteiger partial charge on any atom is 0.303 e. The van der Waals surface area contributed by atoms with E-state index in [2.05, 4.69) is 0 Å². The number of hydrogen-bond donors (Lipinski definition) is 1. The Morgan fingerprint density at radius 3 is 1.67 bits per heavy atom. The third kappa shape index (κ3) is 7.47. The number of esters is 4. The molecule has 0 aromatic heterocycles. The van der Waals surface area contributed by atoms with Gasteiger partial charge in [0.25, 0.3) is 0 Å². The predicted molar refractivity (Wildman–Crippen MR) is 93.4 cm³/mol. The fourth-order valence-electron chi connectivity index (χ4n) is 2.68. The first-order valence-corrected chi connectivity index (χ1v) is 8.50. The highest BCUT2D eigenvalue weighted by Crippen LogP contribution is 2.30. The Bertz CT molecular complexity index is 609. The Balaban J connectivity index is 3.29. The van der Waals surface area contributed by atoms with E-state index in [4.69, 9.17) is 41.6 Å². The van der Waals surface area contributed by atoms with Gasteiger partial charge in [0.2, 0.25) is 0 Å². The minimum Gasteiger partial charge on any atom is -0.463 e. The Kier molecular flexibility index (Phi) is 8.57. The molecule has 1 saturated heterocycles. The summed E-state index contributed by atoms with van der Waals surface area (Å²) in [5.41, 5.74) is 5.58. The summed E-state index contributed by atoms with van der Waals surface area (Å²) in [6.45, 7) is 4.37. The molecule has 0 bridgehead atoms. The molecule has 27 heavy (non-hydrogen) atoms. The van der Waals surface area contributed by atoms with E-state index >= 15 is 0 Å². The van der Waals surface area contributed by atoms with E-state index in [1.165, 1.54) is 6.92 Å². The van der Waals surface area contributed by atoms with Crippen LogP contribution in [0, 0.1) is 0 Å². The normalized spacial score (nSPS) is 27.2. The number of carbonyl (C=O) groups is 4. The average molecular weight is 405 g/mol. The van der Waals surface area contributed by atoms with Gasteiger partial charge in [0.15, 0.2) is 18.3 Å². The molecule has 1 aliphatic heterocycles. The number of thiocarbonyl (C=S) groups is 1. The largest absolute Gasteiger partial charge is 0.463 e. The zero-order valence-corrected chi connectivity index (χ0v) is 16.3. The van der Waals surface area contributed by atoms with Crippen LogP contribution < -0.4 is 5.73 Å². The van der Waals surface area contributed by atoms with Crippen molar-refractivity contribution in [1.29, 1.82) is 0 Å². The molecular weight excluding hydrogens is 382 g/mol. The molecule has 152 valence electrons. The van der Waals surface area contributed by atoms with Crippen molar-refractivity contribution < 1.29 is 42.9 Å². The summed E-state index contributed by atoms with van der Waals surface area (Å²) in [6.07, 6.45) is -5.42. The number of nitrogens with two attached hydrogens (primary N) is 1. The number of carbonyl (C=O) groups excluding carboxylic acids is 4. The van der Waals surface area contributed by atoms with Crippen LogP contribution >= 0.6 is 12.2 Å². The standard InChI is InChI=1S/C16H23NO9S/c1-7(18)22-6-12-15(24-9(3)20)16(25-10(4)21)14(23-8(2)19)11(26-12)5-13(17)27/h11-12,14-16H,5-6H2,1-4H3,(H2,17,27)/t11-,12-,14-,15-,16-/m1/s1. The first-order valence-electron chi connectivity index (χ1n) is 8.10. The lowest BCUT2D eigenvalue weighted by atomic mass is 9.92. The van der Waals surface area contributed by atoms with Crippen molar-refractivity contribution in [3.63, 3.8) is 0 Å². The van der Waals surface area contributed by atoms with Gasteiger partial charge in [-0.15, -0.1) is 0 Å². The summed E-state index contributed by atoms with van der Waals surface area (Å²) in [5, 5.41) is 0. The second-order valence-electron chi connectivity index (χ2n) is 5.91. The monoisotopic (exact) mass is 405 g/mol. The van der Waals surface area contributed by atoms with E-state index in [9.17, 15) is 19.2 Å². The lowest BCUT2D eigenvalue weighted by Crippen LogP contribution is -2.62. The molecule has 0 spiro atoms. The van der Waals surface area contributed by atoms with Crippen LogP contribution in [0.2, 0.25) is 0 Å². The van der Waals surface area contributed by atoms with Crippen molar-refractivity contribution in [3.05, 3.63) is 0 Å². The quantitative estimate of drug-likeness (QED) is 0.341. The smallest absolute Gasteiger partial charge is 0.303 e. The predicted octanol–water partition coefficient (Wildman–Crippen LogP) is -0.212. The first kappa shape index (κ1) is 22.8. The molecule has 0 aromatic carbocycles. The highest BCUT2D eigenvalue weighted by atomic mass is 32.1. The molecule has 1 rings (SSSR count). The molecule has 11 heteroatoms. The summed E-state index contributed by atoms with van der Waals surface area (Å²) in [5.74, 6) is -2.65. The molecule has 0 saturated carbocycles. The van der Waals surface area contributed by atoms with Gasteiger partial charge in [-0.2, -0.15) is 0 Å². The molecule has 0 radical (unpaired) electrons. The third-order valence-electron chi connectivity index (χ3n) is 3.49. The highest BCUT2D eigenvalue weighted by molar-refractivity contribution is 7.80. The second-order valence-corrected chi connectivity index (χ2v) is 6.43. The first-order chi connectivity index (χ1) is 12.5. The van der Waals surface area contributed by atoms with Crippen LogP contribution in [-0.2, 0) is 42.9 Å². The van der Waals surface area contributed by atoms with E-state index in [1.54, 1.807) is 0 Å². The zero-order chi connectivity index (χ0) is 20.7. The summed E-state index contributed by atoms with van der Waals surface area (Å²) in [4.78, 5) is 45.9. The molecular formula is C16H23NO9S. The lowest BCUT2D eigenvalue weighted by Gasteiger charge is -2.44. The summed E-state index contributed by atoms with van der Waals surface area (Å²) < 4.78 is 26.5. The molecule has 5 atom stereocenters. The molecule has 10 nitrogen and oxygen atoms in total. The second kappa shape index (κ2) is 10.2. The van der Waals surface area contributed by atoms with Gasteiger partial charge in [-0.05, 0) is 0 Å². The Hall–Kier alpha value is -2.27. The summed E-state index contributed by atoms with van der Waals surface area (Å²) >= 11 is 4.89. The maximum absolute atomic E-state index is 11.6. The average Bonchev–Trinajstić information content (AvgIpc) is 2.49. The Labute approximate surface area is 161 Å². The molecule has 0 aromatic rings. The van der Waals surface area contributed by atoms with E-state index in [1.807, 2.05) is 0 Å². The maximum atomic E-state index is 11.6. The van der Waals surface area contributed by atoms with Crippen LogP contribution in [0.3, 0.4) is 0 Å². The molecule has 2 N–H and O–H groups in total. The van der Waals surface area contributed by atoms with Crippen molar-refractivity contribution in [2.24, 2.45) is 5.73 Å². The SMILES string of the molecule is CC(=O)OC[C@H]1O[C@H](CC(N)=S)[C@@H](OC(C)=O)[C@@H](OC(C)=O)[C@@H]1OC(C)=O. The van der Waals surface area contributed by atoms with Gasteiger partial charge in [-0.1, -0.05) is 12.2 Å². The Morgan fingerprint density at radius 1 is 0.815 bits per heavy atom. The molecule has 0 amide bonds. The number of hydrogen-bond acceptors (Lipinski definition) is 10. The fourth-order valence-corrected chi connectivity index (χ4v) is 2.84. The van der Waals surface area contributed by atoms with Gasteiger partial charge in [-0.25, -0.2) is 0 Å². The fraction of sp³-hybridized carbons (Fsp3) is 0.688. The highest BCUT2D eigenvalue weighted by Gasteiger charge is 2.52. The third-order valence-corrected chi connectivity index (χ3v) is 3.66. The van der Waals surface area contributed by atoms with Gasteiger partial charge >= 0.3 is 23.9 Å². The zero-order valence-electron chi connectivity index (χ0n) is 15.5. The van der Waals surface area contributed by atoms with Crippen LogP contribution in [0.1, 0.15) is 34.1 Å². The Morgan fingerprint density at radius 2 is 1.26 bits per heavy atom. The topological polar surface area (TPSA) is 140 Å². The number of ether oxygens (including phenoxy) is 5. The number of rotatable bonds is 7. The van der Waals surface area contributed by atoms with Crippen LogP contribution in [0.4, 0.5) is 0 Å². The van der Waals surface area contributed by atoms with Gasteiger partial charge in [0.1, 0.15) is 18.8 Å². The minimum absolute atomic E-state index is 0.00555. The van der Waals surface area contributed by atoms with Gasteiger partial charge in [0, 0.05) is 34.1 Å². The van der Waals surface area contributed by atoms with Crippen LogP contribution in [0.25, 0.3) is 0 Å². The van der Waals surface area contributed by atoms with Crippen LogP contribution in [0.15, 0.2) is 0 Å². The van der Waals surface area contributed by atoms with Gasteiger partial charge < -0.3 is 29.4 Å². The van der Waals surface area contributed by atoms with E-state index in [0.29, 0.717) is 0 Å².